The number of fused-ring (bicyclic) bond motifs is 4. The lowest BCUT2D eigenvalue weighted by molar-refractivity contribution is -0.285. The van der Waals surface area contributed by atoms with E-state index in [9.17, 15) is 9.90 Å². The van der Waals surface area contributed by atoms with E-state index in [-0.39, 0.29) is 28.1 Å². The van der Waals surface area contributed by atoms with E-state index >= 15 is 0 Å². The Balaban J connectivity index is 1.35. The number of cyclic esters (lactones) is 1. The quantitative estimate of drug-likeness (QED) is 0.346. The third-order valence-corrected chi connectivity index (χ3v) is 12.9. The SMILES string of the molecule is CC(C)CC(O)CC1(C)OC(=O)[C@]23CC=C4[C@@H](CC[C@H]5C(C)(C)C6(CC[C@]45C)OCCO6)[C@]2(C)CC[C@H]13. The number of rotatable bonds is 4. The molecule has 4 aliphatic carbocycles. The van der Waals surface area contributed by atoms with Crippen molar-refractivity contribution in [1.29, 1.82) is 0 Å². The zero-order valence-corrected chi connectivity index (χ0v) is 24.3. The van der Waals surface area contributed by atoms with E-state index in [0.717, 1.165) is 51.4 Å². The number of hydrogen-bond donors (Lipinski definition) is 1. The molecule has 2 aliphatic heterocycles. The van der Waals surface area contributed by atoms with Gasteiger partial charge in [0.05, 0.1) is 24.7 Å². The number of aliphatic hydroxyl groups is 1. The van der Waals surface area contributed by atoms with Gasteiger partial charge in [-0.25, -0.2) is 0 Å². The van der Waals surface area contributed by atoms with Crippen LogP contribution in [0.4, 0.5) is 0 Å². The first-order valence-electron chi connectivity index (χ1n) is 15.2. The second-order valence-electron chi connectivity index (χ2n) is 15.3. The molecule has 5 fully saturated rings. The molecule has 0 aromatic rings. The van der Waals surface area contributed by atoms with E-state index in [1.807, 2.05) is 0 Å². The summed E-state index contributed by atoms with van der Waals surface area (Å²) >= 11 is 0. The Morgan fingerprint density at radius 3 is 2.35 bits per heavy atom. The van der Waals surface area contributed by atoms with Crippen molar-refractivity contribution in [3.8, 4) is 0 Å². The second kappa shape index (κ2) is 8.07. The summed E-state index contributed by atoms with van der Waals surface area (Å²) in [6.45, 7) is 17.5. The van der Waals surface area contributed by atoms with Gasteiger partial charge < -0.3 is 19.3 Å². The summed E-state index contributed by atoms with van der Waals surface area (Å²) in [5, 5.41) is 10.9. The Bertz CT molecular complexity index is 993. The van der Waals surface area contributed by atoms with Crippen LogP contribution in [0.2, 0.25) is 0 Å². The van der Waals surface area contributed by atoms with Crippen molar-refractivity contribution >= 4 is 5.97 Å². The summed E-state index contributed by atoms with van der Waals surface area (Å²) in [5.41, 5.74) is 0.529. The molecule has 8 atom stereocenters. The van der Waals surface area contributed by atoms with Crippen LogP contribution in [0.25, 0.3) is 0 Å². The monoisotopic (exact) mass is 514 g/mol. The van der Waals surface area contributed by atoms with Gasteiger partial charge in [0, 0.05) is 24.2 Å². The molecule has 0 amide bonds. The number of carbonyl (C=O) groups excluding carboxylic acids is 1. The van der Waals surface area contributed by atoms with Crippen molar-refractivity contribution in [2.45, 2.75) is 124 Å². The number of aliphatic hydroxyl groups excluding tert-OH is 1. The lowest BCUT2D eigenvalue weighted by Crippen LogP contribution is -2.63. The highest BCUT2D eigenvalue weighted by Gasteiger charge is 2.76. The molecule has 0 bridgehead atoms. The summed E-state index contributed by atoms with van der Waals surface area (Å²) in [6.07, 6.45) is 10.5. The van der Waals surface area contributed by atoms with Crippen LogP contribution in [-0.4, -0.2) is 41.8 Å². The molecule has 2 saturated heterocycles. The summed E-state index contributed by atoms with van der Waals surface area (Å²) in [4.78, 5) is 14.0. The predicted octanol–water partition coefficient (Wildman–Crippen LogP) is 6.43. The van der Waals surface area contributed by atoms with Crippen molar-refractivity contribution in [3.63, 3.8) is 0 Å². The van der Waals surface area contributed by atoms with Gasteiger partial charge in [-0.05, 0) is 80.5 Å². The van der Waals surface area contributed by atoms with Crippen LogP contribution in [0.15, 0.2) is 11.6 Å². The van der Waals surface area contributed by atoms with Crippen LogP contribution in [-0.2, 0) is 19.0 Å². The Kier molecular flexibility index (Phi) is 5.74. The lowest BCUT2D eigenvalue weighted by Gasteiger charge is -2.65. The molecule has 208 valence electrons. The van der Waals surface area contributed by atoms with E-state index in [4.69, 9.17) is 14.2 Å². The minimum absolute atomic E-state index is 0.00926. The van der Waals surface area contributed by atoms with Gasteiger partial charge in [-0.15, -0.1) is 0 Å². The smallest absolute Gasteiger partial charge is 0.313 e. The van der Waals surface area contributed by atoms with Crippen molar-refractivity contribution in [3.05, 3.63) is 11.6 Å². The summed E-state index contributed by atoms with van der Waals surface area (Å²) < 4.78 is 19.0. The van der Waals surface area contributed by atoms with Crippen LogP contribution < -0.4 is 0 Å². The van der Waals surface area contributed by atoms with Crippen LogP contribution in [0.5, 0.6) is 0 Å². The van der Waals surface area contributed by atoms with Crippen LogP contribution in [0.1, 0.15) is 106 Å². The Morgan fingerprint density at radius 1 is 0.973 bits per heavy atom. The van der Waals surface area contributed by atoms with E-state index in [0.29, 0.717) is 37.4 Å². The maximum atomic E-state index is 14.0. The highest BCUT2D eigenvalue weighted by Crippen LogP contribution is 2.76. The normalized spacial score (nSPS) is 48.2. The minimum atomic E-state index is -0.577. The standard InChI is InChI=1S/C32H50O5/c1-20(2)18-21(33)19-30(7)25-11-12-29(6)23-8-9-24-27(3,4)32(35-16-17-36-32)15-14-28(24,5)22(23)10-13-31(25,29)26(34)37-30/h10,20-21,23-25,33H,8-9,11-19H2,1-7H3/t21?,23-,24+,25-,28-,29+,30?,31-/m1/s1. The molecule has 0 aromatic carbocycles. The molecule has 2 unspecified atom stereocenters. The average molecular weight is 515 g/mol. The Morgan fingerprint density at radius 2 is 1.68 bits per heavy atom. The molecule has 6 aliphatic rings. The minimum Gasteiger partial charge on any atom is -0.458 e. The van der Waals surface area contributed by atoms with Crippen LogP contribution >= 0.6 is 0 Å². The molecule has 5 nitrogen and oxygen atoms in total. The average Bonchev–Trinajstić information content (AvgIpc) is 3.45. The topological polar surface area (TPSA) is 65.0 Å². The van der Waals surface area contributed by atoms with E-state index in [2.05, 4.69) is 54.5 Å². The maximum Gasteiger partial charge on any atom is 0.313 e. The van der Waals surface area contributed by atoms with Gasteiger partial charge in [0.15, 0.2) is 5.79 Å². The molecule has 6 rings (SSSR count). The van der Waals surface area contributed by atoms with E-state index < -0.39 is 22.9 Å². The maximum absolute atomic E-state index is 14.0. The third kappa shape index (κ3) is 3.17. The molecule has 5 heteroatoms. The molecule has 2 heterocycles. The van der Waals surface area contributed by atoms with Crippen molar-refractivity contribution in [2.75, 3.05) is 13.2 Å². The van der Waals surface area contributed by atoms with Crippen molar-refractivity contribution < 1.29 is 24.1 Å². The fraction of sp³-hybridized carbons (Fsp3) is 0.906. The molecule has 1 N–H and O–H groups in total. The van der Waals surface area contributed by atoms with Gasteiger partial charge in [0.1, 0.15) is 5.60 Å². The Hall–Kier alpha value is -0.910. The summed E-state index contributed by atoms with van der Waals surface area (Å²) in [5.74, 6) is 1.07. The first-order chi connectivity index (χ1) is 17.3. The highest BCUT2D eigenvalue weighted by atomic mass is 16.7. The molecule has 0 radical (unpaired) electrons. The third-order valence-electron chi connectivity index (χ3n) is 12.9. The first kappa shape index (κ1) is 26.3. The van der Waals surface area contributed by atoms with Gasteiger partial charge in [-0.2, -0.15) is 0 Å². The summed E-state index contributed by atoms with van der Waals surface area (Å²) in [7, 11) is 0. The van der Waals surface area contributed by atoms with Gasteiger partial charge in [0.25, 0.3) is 0 Å². The fourth-order valence-electron chi connectivity index (χ4n) is 11.3. The fourth-order valence-corrected chi connectivity index (χ4v) is 11.3. The molecule has 3 saturated carbocycles. The largest absolute Gasteiger partial charge is 0.458 e. The number of allylic oxidation sites excluding steroid dienone is 2. The molecule has 37 heavy (non-hydrogen) atoms. The molecule has 0 aromatic heterocycles. The zero-order valence-electron chi connectivity index (χ0n) is 24.3. The number of hydrogen-bond acceptors (Lipinski definition) is 5. The van der Waals surface area contributed by atoms with E-state index in [1.54, 1.807) is 5.57 Å². The zero-order chi connectivity index (χ0) is 26.6. The second-order valence-corrected chi connectivity index (χ2v) is 15.3. The molecular weight excluding hydrogens is 464 g/mol. The highest BCUT2D eigenvalue weighted by molar-refractivity contribution is 5.83. The van der Waals surface area contributed by atoms with Gasteiger partial charge >= 0.3 is 5.97 Å². The van der Waals surface area contributed by atoms with Gasteiger partial charge in [-0.1, -0.05) is 53.2 Å². The van der Waals surface area contributed by atoms with Gasteiger partial charge in [-0.3, -0.25) is 4.79 Å². The van der Waals surface area contributed by atoms with E-state index in [1.165, 1.54) is 0 Å². The number of esters is 1. The Labute approximate surface area is 224 Å². The summed E-state index contributed by atoms with van der Waals surface area (Å²) in [6, 6.07) is 0. The molecular formula is C32H50O5. The van der Waals surface area contributed by atoms with Crippen LogP contribution in [0.3, 0.4) is 0 Å². The van der Waals surface area contributed by atoms with Gasteiger partial charge in [0.2, 0.25) is 0 Å². The predicted molar refractivity (Wildman–Crippen MR) is 143 cm³/mol. The molecule has 2 spiro atoms. The van der Waals surface area contributed by atoms with Crippen molar-refractivity contribution in [2.24, 2.45) is 45.3 Å². The van der Waals surface area contributed by atoms with Crippen molar-refractivity contribution in [1.82, 2.24) is 0 Å². The lowest BCUT2D eigenvalue weighted by atomic mass is 9.40. The number of carbonyl (C=O) groups is 1. The number of ether oxygens (including phenoxy) is 3. The first-order valence-corrected chi connectivity index (χ1v) is 15.2. The van der Waals surface area contributed by atoms with Crippen LogP contribution in [0, 0.1) is 45.3 Å².